The Bertz CT molecular complexity index is 553. The van der Waals surface area contributed by atoms with Crippen LogP contribution in [0, 0.1) is 0 Å². The van der Waals surface area contributed by atoms with Crippen molar-refractivity contribution in [3.8, 4) is 11.5 Å². The lowest BCUT2D eigenvalue weighted by atomic mass is 10.2. The Hall–Kier alpha value is -2.50. The molecule has 112 valence electrons. The molecule has 1 aromatic rings. The molecule has 2 N–H and O–H groups in total. The molecule has 0 radical (unpaired) electrons. The number of carbonyl (C=O) groups excluding carboxylic acids is 1. The fraction of sp³-hybridized carbons (Fsp3) is 0.333. The number of aliphatic carboxylic acids is 1. The quantitative estimate of drug-likeness (QED) is 0.591. The van der Waals surface area contributed by atoms with Crippen LogP contribution in [0.5, 0.6) is 11.5 Å². The fourth-order valence-electron chi connectivity index (χ4n) is 1.86. The molecule has 0 fully saturated rings. The van der Waals surface area contributed by atoms with E-state index in [1.54, 1.807) is 18.2 Å². The molecule has 0 unspecified atom stereocenters. The molecule has 1 aliphatic heterocycles. The van der Waals surface area contributed by atoms with Crippen LogP contribution >= 0.6 is 0 Å². The second kappa shape index (κ2) is 7.33. The van der Waals surface area contributed by atoms with E-state index >= 15 is 0 Å². The van der Waals surface area contributed by atoms with Crippen LogP contribution in [0.4, 0.5) is 0 Å². The zero-order valence-electron chi connectivity index (χ0n) is 11.5. The van der Waals surface area contributed by atoms with Crippen LogP contribution in [0.1, 0.15) is 24.8 Å². The van der Waals surface area contributed by atoms with Crippen LogP contribution in [0.15, 0.2) is 24.3 Å². The van der Waals surface area contributed by atoms with Crippen LogP contribution in [-0.2, 0) is 9.59 Å². The highest BCUT2D eigenvalue weighted by Crippen LogP contribution is 2.32. The summed E-state index contributed by atoms with van der Waals surface area (Å²) in [4.78, 5) is 21.9. The van der Waals surface area contributed by atoms with Crippen molar-refractivity contribution in [1.82, 2.24) is 5.32 Å². The number of ether oxygens (including phenoxy) is 2. The zero-order chi connectivity index (χ0) is 15.1. The minimum atomic E-state index is -0.816. The van der Waals surface area contributed by atoms with Crippen molar-refractivity contribution in [2.75, 3.05) is 13.3 Å². The minimum absolute atomic E-state index is 0.128. The van der Waals surface area contributed by atoms with Crippen molar-refractivity contribution in [3.05, 3.63) is 29.8 Å². The summed E-state index contributed by atoms with van der Waals surface area (Å²) in [5, 5.41) is 11.2. The van der Waals surface area contributed by atoms with E-state index in [4.69, 9.17) is 14.6 Å². The molecule has 2 rings (SSSR count). The minimum Gasteiger partial charge on any atom is -0.481 e. The monoisotopic (exact) mass is 291 g/mol. The summed E-state index contributed by atoms with van der Waals surface area (Å²) in [6.07, 6.45) is 4.46. The summed E-state index contributed by atoms with van der Waals surface area (Å²) in [6, 6.07) is 5.44. The standard InChI is InChI=1S/C15H17NO5/c17-14(16-8-2-1-3-15(18)19)7-5-11-4-6-12-13(9-11)21-10-20-12/h4-7,9H,1-3,8,10H2,(H,16,17)(H,18,19). The topological polar surface area (TPSA) is 84.9 Å². The first kappa shape index (κ1) is 14.9. The summed E-state index contributed by atoms with van der Waals surface area (Å²) in [6.45, 7) is 0.691. The predicted molar refractivity (Wildman–Crippen MR) is 76.1 cm³/mol. The van der Waals surface area contributed by atoms with E-state index in [-0.39, 0.29) is 19.1 Å². The Labute approximate surface area is 122 Å². The van der Waals surface area contributed by atoms with Crippen molar-refractivity contribution >= 4 is 18.0 Å². The number of benzene rings is 1. The molecule has 0 saturated heterocycles. The Balaban J connectivity index is 1.73. The van der Waals surface area contributed by atoms with E-state index in [0.717, 1.165) is 5.56 Å². The van der Waals surface area contributed by atoms with Gasteiger partial charge in [0.1, 0.15) is 0 Å². The summed E-state index contributed by atoms with van der Waals surface area (Å²) in [7, 11) is 0. The smallest absolute Gasteiger partial charge is 0.303 e. The maximum absolute atomic E-state index is 11.6. The van der Waals surface area contributed by atoms with E-state index < -0.39 is 5.97 Å². The van der Waals surface area contributed by atoms with Crippen molar-refractivity contribution in [1.29, 1.82) is 0 Å². The number of nitrogens with one attached hydrogen (secondary N) is 1. The predicted octanol–water partition coefficient (Wildman–Crippen LogP) is 1.80. The van der Waals surface area contributed by atoms with Crippen LogP contribution in [0.25, 0.3) is 6.08 Å². The molecule has 6 heteroatoms. The van der Waals surface area contributed by atoms with E-state index in [9.17, 15) is 9.59 Å². The molecular weight excluding hydrogens is 274 g/mol. The van der Waals surface area contributed by atoms with Gasteiger partial charge in [0.15, 0.2) is 11.5 Å². The normalized spacial score (nSPS) is 12.6. The molecule has 0 saturated carbocycles. The third-order valence-corrected chi connectivity index (χ3v) is 2.94. The van der Waals surface area contributed by atoms with Crippen LogP contribution in [0.2, 0.25) is 0 Å². The first-order chi connectivity index (χ1) is 10.1. The number of carboxylic acid groups (broad SMARTS) is 1. The third-order valence-electron chi connectivity index (χ3n) is 2.94. The Morgan fingerprint density at radius 2 is 2.05 bits per heavy atom. The van der Waals surface area contributed by atoms with E-state index in [1.807, 2.05) is 6.07 Å². The van der Waals surface area contributed by atoms with Gasteiger partial charge in [0.25, 0.3) is 0 Å². The molecule has 0 bridgehead atoms. The summed E-state index contributed by atoms with van der Waals surface area (Å²) in [5.41, 5.74) is 0.847. The van der Waals surface area contributed by atoms with Crippen molar-refractivity contribution in [2.45, 2.75) is 19.3 Å². The van der Waals surface area contributed by atoms with Crippen molar-refractivity contribution in [2.24, 2.45) is 0 Å². The molecule has 1 aromatic carbocycles. The third kappa shape index (κ3) is 4.83. The molecule has 21 heavy (non-hydrogen) atoms. The molecule has 1 amide bonds. The molecule has 1 heterocycles. The van der Waals surface area contributed by atoms with Gasteiger partial charge in [-0.25, -0.2) is 0 Å². The average molecular weight is 291 g/mol. The van der Waals surface area contributed by atoms with Gasteiger partial charge in [-0.15, -0.1) is 0 Å². The number of carboxylic acids is 1. The number of hydrogen-bond acceptors (Lipinski definition) is 4. The molecule has 0 spiro atoms. The highest BCUT2D eigenvalue weighted by molar-refractivity contribution is 5.91. The second-order valence-corrected chi connectivity index (χ2v) is 4.59. The number of carbonyl (C=O) groups is 2. The number of rotatable bonds is 7. The molecule has 1 aliphatic rings. The van der Waals surface area contributed by atoms with E-state index in [1.165, 1.54) is 6.08 Å². The number of hydrogen-bond donors (Lipinski definition) is 2. The van der Waals surface area contributed by atoms with Gasteiger partial charge in [0.05, 0.1) is 0 Å². The van der Waals surface area contributed by atoms with Gasteiger partial charge in [-0.3, -0.25) is 9.59 Å². The maximum Gasteiger partial charge on any atom is 0.303 e. The summed E-state index contributed by atoms with van der Waals surface area (Å²) >= 11 is 0. The molecular formula is C15H17NO5. The Morgan fingerprint density at radius 1 is 1.24 bits per heavy atom. The number of amides is 1. The fourth-order valence-corrected chi connectivity index (χ4v) is 1.86. The van der Waals surface area contributed by atoms with Gasteiger partial charge in [0, 0.05) is 19.0 Å². The van der Waals surface area contributed by atoms with E-state index in [2.05, 4.69) is 5.32 Å². The summed E-state index contributed by atoms with van der Waals surface area (Å²) < 4.78 is 10.5. The maximum atomic E-state index is 11.6. The molecule has 6 nitrogen and oxygen atoms in total. The largest absolute Gasteiger partial charge is 0.481 e. The van der Waals surface area contributed by atoms with Crippen LogP contribution in [0.3, 0.4) is 0 Å². The first-order valence-corrected chi connectivity index (χ1v) is 6.72. The van der Waals surface area contributed by atoms with Gasteiger partial charge in [-0.2, -0.15) is 0 Å². The van der Waals surface area contributed by atoms with Crippen LogP contribution < -0.4 is 14.8 Å². The van der Waals surface area contributed by atoms with Crippen molar-refractivity contribution < 1.29 is 24.2 Å². The van der Waals surface area contributed by atoms with Crippen LogP contribution in [-0.4, -0.2) is 30.3 Å². The lowest BCUT2D eigenvalue weighted by molar-refractivity contribution is -0.137. The van der Waals surface area contributed by atoms with Crippen molar-refractivity contribution in [3.63, 3.8) is 0 Å². The molecule has 0 atom stereocenters. The first-order valence-electron chi connectivity index (χ1n) is 6.72. The Kier molecular flexibility index (Phi) is 5.20. The summed E-state index contributed by atoms with van der Waals surface area (Å²) in [5.74, 6) is 0.355. The average Bonchev–Trinajstić information content (AvgIpc) is 2.92. The molecule has 0 aromatic heterocycles. The highest BCUT2D eigenvalue weighted by Gasteiger charge is 2.12. The van der Waals surface area contributed by atoms with E-state index in [0.29, 0.717) is 30.9 Å². The highest BCUT2D eigenvalue weighted by atomic mass is 16.7. The lowest BCUT2D eigenvalue weighted by Gasteiger charge is -2.01. The molecule has 0 aliphatic carbocycles. The lowest BCUT2D eigenvalue weighted by Crippen LogP contribution is -2.22. The van der Waals surface area contributed by atoms with Gasteiger partial charge < -0.3 is 19.9 Å². The van der Waals surface area contributed by atoms with Gasteiger partial charge >= 0.3 is 5.97 Å². The zero-order valence-corrected chi connectivity index (χ0v) is 11.5. The Morgan fingerprint density at radius 3 is 2.86 bits per heavy atom. The SMILES string of the molecule is O=C(O)CCCCNC(=O)C=Cc1ccc2c(c1)OCO2. The second-order valence-electron chi connectivity index (χ2n) is 4.59. The van der Waals surface area contributed by atoms with Gasteiger partial charge in [0.2, 0.25) is 12.7 Å². The number of fused-ring (bicyclic) bond motifs is 1. The van der Waals surface area contributed by atoms with Gasteiger partial charge in [-0.05, 0) is 36.6 Å². The van der Waals surface area contributed by atoms with Gasteiger partial charge in [-0.1, -0.05) is 6.07 Å². The number of unbranched alkanes of at least 4 members (excludes halogenated alkanes) is 1.